The Labute approximate surface area is 221 Å². The second-order valence-corrected chi connectivity index (χ2v) is 10.9. The predicted octanol–water partition coefficient (Wildman–Crippen LogP) is 4.92. The second-order valence-electron chi connectivity index (χ2n) is 8.46. The molecule has 3 aromatic heterocycles. The summed E-state index contributed by atoms with van der Waals surface area (Å²) in [4.78, 5) is 32.8. The number of hydrogen-bond donors (Lipinski definition) is 0. The summed E-state index contributed by atoms with van der Waals surface area (Å²) >= 11 is 8.90. The smallest absolute Gasteiger partial charge is 0.338 e. The lowest BCUT2D eigenvalue weighted by atomic mass is 10.0. The maximum Gasteiger partial charge on any atom is 0.338 e. The SMILES string of the molecule is CCOC(=O)C1=C(C)N=c2sc(=Cc3cc(C)n(-c4ccc(Cl)cc4)c3C)c(=O)n2C1c1cccs1. The Balaban J connectivity index is 1.67. The van der Waals surface area contributed by atoms with E-state index in [0.717, 1.165) is 27.5 Å². The second kappa shape index (κ2) is 9.69. The average molecular weight is 538 g/mol. The van der Waals surface area contributed by atoms with Crippen molar-refractivity contribution in [1.29, 1.82) is 0 Å². The van der Waals surface area contributed by atoms with Crippen molar-refractivity contribution in [2.24, 2.45) is 4.99 Å². The molecule has 0 saturated heterocycles. The maximum atomic E-state index is 13.8. The summed E-state index contributed by atoms with van der Waals surface area (Å²) in [5, 5.41) is 2.62. The van der Waals surface area contributed by atoms with E-state index in [-0.39, 0.29) is 12.2 Å². The highest BCUT2D eigenvalue weighted by atomic mass is 35.5. The molecule has 0 N–H and O–H groups in total. The number of esters is 1. The first-order chi connectivity index (χ1) is 17.3. The fraction of sp³-hybridized carbons (Fsp3) is 0.222. The zero-order valence-corrected chi connectivity index (χ0v) is 22.6. The summed E-state index contributed by atoms with van der Waals surface area (Å²) < 4.78 is 9.66. The number of hydrogen-bond acceptors (Lipinski definition) is 6. The van der Waals surface area contributed by atoms with Gasteiger partial charge in [0.2, 0.25) is 0 Å². The number of allylic oxidation sites excluding steroid dienone is 1. The van der Waals surface area contributed by atoms with Gasteiger partial charge in [-0.2, -0.15) is 0 Å². The first kappa shape index (κ1) is 24.5. The van der Waals surface area contributed by atoms with E-state index in [9.17, 15) is 9.59 Å². The number of fused-ring (bicyclic) bond motifs is 1. The summed E-state index contributed by atoms with van der Waals surface area (Å²) in [5.74, 6) is -0.446. The molecule has 0 radical (unpaired) electrons. The monoisotopic (exact) mass is 537 g/mol. The minimum atomic E-state index is -0.566. The zero-order valence-electron chi connectivity index (χ0n) is 20.2. The van der Waals surface area contributed by atoms with Crippen LogP contribution in [0, 0.1) is 13.8 Å². The van der Waals surface area contributed by atoms with Crippen LogP contribution in [0.4, 0.5) is 0 Å². The number of carbonyl (C=O) groups excluding carboxylic acids is 1. The fourth-order valence-electron chi connectivity index (χ4n) is 4.57. The van der Waals surface area contributed by atoms with Gasteiger partial charge in [-0.25, -0.2) is 9.79 Å². The van der Waals surface area contributed by atoms with Crippen LogP contribution >= 0.6 is 34.3 Å². The molecule has 9 heteroatoms. The Morgan fingerprint density at radius 3 is 2.61 bits per heavy atom. The number of aromatic nitrogens is 2. The van der Waals surface area contributed by atoms with Gasteiger partial charge in [-0.05, 0) is 81.1 Å². The molecule has 4 aromatic rings. The summed E-state index contributed by atoms with van der Waals surface area (Å²) in [7, 11) is 0. The van der Waals surface area contributed by atoms with Crippen LogP contribution in [-0.4, -0.2) is 21.7 Å². The molecular formula is C27H24ClN3O3S2. The highest BCUT2D eigenvalue weighted by Gasteiger charge is 2.33. The van der Waals surface area contributed by atoms with E-state index in [2.05, 4.69) is 15.6 Å². The van der Waals surface area contributed by atoms with Crippen molar-refractivity contribution in [3.8, 4) is 5.69 Å². The number of halogens is 1. The molecule has 0 fully saturated rings. The van der Waals surface area contributed by atoms with E-state index in [1.165, 1.54) is 22.7 Å². The van der Waals surface area contributed by atoms with Crippen LogP contribution in [0.25, 0.3) is 11.8 Å². The minimum absolute atomic E-state index is 0.178. The molecule has 1 aliphatic heterocycles. The topological polar surface area (TPSA) is 65.6 Å². The number of thiazole rings is 1. The summed E-state index contributed by atoms with van der Waals surface area (Å²) in [6.45, 7) is 7.88. The van der Waals surface area contributed by atoms with E-state index in [0.29, 0.717) is 25.6 Å². The summed E-state index contributed by atoms with van der Waals surface area (Å²) in [5.41, 5.74) is 4.80. The molecular weight excluding hydrogens is 514 g/mol. The third-order valence-electron chi connectivity index (χ3n) is 6.17. The fourth-order valence-corrected chi connectivity index (χ4v) is 6.56. The van der Waals surface area contributed by atoms with Gasteiger partial charge in [0.25, 0.3) is 5.56 Å². The van der Waals surface area contributed by atoms with Crippen molar-refractivity contribution < 1.29 is 9.53 Å². The number of thiophene rings is 1. The lowest BCUT2D eigenvalue weighted by Crippen LogP contribution is -2.39. The molecule has 4 heterocycles. The first-order valence-electron chi connectivity index (χ1n) is 11.5. The molecule has 1 unspecified atom stereocenters. The van der Waals surface area contributed by atoms with Gasteiger partial charge in [0.1, 0.15) is 6.04 Å². The van der Waals surface area contributed by atoms with E-state index in [1.807, 2.05) is 61.7 Å². The molecule has 0 amide bonds. The van der Waals surface area contributed by atoms with Crippen molar-refractivity contribution in [2.75, 3.05) is 6.61 Å². The highest BCUT2D eigenvalue weighted by Crippen LogP contribution is 2.33. The molecule has 6 nitrogen and oxygen atoms in total. The normalized spacial score (nSPS) is 15.7. The van der Waals surface area contributed by atoms with Crippen LogP contribution in [0.15, 0.2) is 68.9 Å². The van der Waals surface area contributed by atoms with Gasteiger partial charge in [0, 0.05) is 27.0 Å². The number of aryl methyl sites for hydroxylation is 1. The van der Waals surface area contributed by atoms with Crippen LogP contribution in [0.5, 0.6) is 0 Å². The largest absolute Gasteiger partial charge is 0.463 e. The van der Waals surface area contributed by atoms with Crippen molar-refractivity contribution >= 4 is 46.3 Å². The zero-order chi connectivity index (χ0) is 25.6. The molecule has 36 heavy (non-hydrogen) atoms. The number of nitrogens with zero attached hydrogens (tertiary/aromatic N) is 3. The van der Waals surface area contributed by atoms with Gasteiger partial charge in [0.15, 0.2) is 4.80 Å². The van der Waals surface area contributed by atoms with Crippen LogP contribution in [-0.2, 0) is 9.53 Å². The molecule has 0 saturated carbocycles. The third-order valence-corrected chi connectivity index (χ3v) is 8.33. The van der Waals surface area contributed by atoms with Gasteiger partial charge >= 0.3 is 5.97 Å². The van der Waals surface area contributed by atoms with E-state index in [1.54, 1.807) is 18.4 Å². The van der Waals surface area contributed by atoms with Crippen LogP contribution < -0.4 is 14.9 Å². The molecule has 0 bridgehead atoms. The Morgan fingerprint density at radius 2 is 1.94 bits per heavy atom. The Bertz CT molecular complexity index is 1670. The van der Waals surface area contributed by atoms with E-state index in [4.69, 9.17) is 16.3 Å². The maximum absolute atomic E-state index is 13.8. The van der Waals surface area contributed by atoms with Gasteiger partial charge in [-0.1, -0.05) is 29.0 Å². The molecule has 1 atom stereocenters. The Kier molecular flexibility index (Phi) is 6.59. The predicted molar refractivity (Wildman–Crippen MR) is 145 cm³/mol. The van der Waals surface area contributed by atoms with Gasteiger partial charge in [-0.15, -0.1) is 11.3 Å². The van der Waals surface area contributed by atoms with E-state index >= 15 is 0 Å². The molecule has 0 aliphatic carbocycles. The van der Waals surface area contributed by atoms with Gasteiger partial charge in [-0.3, -0.25) is 9.36 Å². The minimum Gasteiger partial charge on any atom is -0.463 e. The first-order valence-corrected chi connectivity index (χ1v) is 13.6. The Hall–Kier alpha value is -3.20. The molecule has 184 valence electrons. The number of carbonyl (C=O) groups is 1. The van der Waals surface area contributed by atoms with Gasteiger partial charge in [0.05, 0.1) is 22.4 Å². The molecule has 0 spiro atoms. The number of rotatable bonds is 5. The van der Waals surface area contributed by atoms with Crippen molar-refractivity contribution in [3.05, 3.63) is 106 Å². The number of benzene rings is 1. The lowest BCUT2D eigenvalue weighted by molar-refractivity contribution is -0.139. The van der Waals surface area contributed by atoms with Crippen molar-refractivity contribution in [3.63, 3.8) is 0 Å². The summed E-state index contributed by atoms with van der Waals surface area (Å²) in [6, 6.07) is 13.0. The lowest BCUT2D eigenvalue weighted by Gasteiger charge is -2.23. The van der Waals surface area contributed by atoms with Crippen molar-refractivity contribution in [1.82, 2.24) is 9.13 Å². The van der Waals surface area contributed by atoms with E-state index < -0.39 is 12.0 Å². The Morgan fingerprint density at radius 1 is 1.19 bits per heavy atom. The average Bonchev–Trinajstić information content (AvgIpc) is 3.54. The molecule has 1 aromatic carbocycles. The molecule has 1 aliphatic rings. The number of ether oxygens (including phenoxy) is 1. The van der Waals surface area contributed by atoms with Crippen LogP contribution in [0.1, 0.15) is 41.7 Å². The van der Waals surface area contributed by atoms with Crippen molar-refractivity contribution in [2.45, 2.75) is 33.7 Å². The third kappa shape index (κ3) is 4.19. The standard InChI is InChI=1S/C27H24ClN3O3S2/c1-5-34-26(33)23-16(3)29-27-31(24(23)21-7-6-12-35-21)25(32)22(36-27)14-18-13-15(2)30(17(18)4)20-10-8-19(28)9-11-20/h6-14,24H,5H2,1-4H3. The molecule has 5 rings (SSSR count). The summed E-state index contributed by atoms with van der Waals surface area (Å²) in [6.07, 6.45) is 1.91. The quantitative estimate of drug-likeness (QED) is 0.339. The van der Waals surface area contributed by atoms with Gasteiger partial charge < -0.3 is 9.30 Å². The van der Waals surface area contributed by atoms with Crippen LogP contribution in [0.3, 0.4) is 0 Å². The van der Waals surface area contributed by atoms with Crippen LogP contribution in [0.2, 0.25) is 5.02 Å². The highest BCUT2D eigenvalue weighted by molar-refractivity contribution is 7.10.